The van der Waals surface area contributed by atoms with E-state index in [2.05, 4.69) is 9.97 Å². The van der Waals surface area contributed by atoms with E-state index in [-0.39, 0.29) is 4.99 Å². The van der Waals surface area contributed by atoms with E-state index >= 15 is 0 Å². The summed E-state index contributed by atoms with van der Waals surface area (Å²) in [6, 6.07) is 14.9. The molecule has 3 rings (SSSR count). The molecule has 0 bridgehead atoms. The third-order valence-corrected chi connectivity index (χ3v) is 3.00. The van der Waals surface area contributed by atoms with Crippen molar-refractivity contribution in [1.82, 2.24) is 9.97 Å². The van der Waals surface area contributed by atoms with Gasteiger partial charge in [-0.3, -0.25) is 4.98 Å². The second-order valence-electron chi connectivity index (χ2n) is 4.16. The van der Waals surface area contributed by atoms with E-state index in [1.165, 1.54) is 0 Å². The summed E-state index contributed by atoms with van der Waals surface area (Å²) in [4.78, 5) is 8.83. The van der Waals surface area contributed by atoms with Gasteiger partial charge in [0.2, 0.25) is 5.88 Å². The van der Waals surface area contributed by atoms with Crippen LogP contribution in [0, 0.1) is 0 Å². The first-order valence-corrected chi connectivity index (χ1v) is 6.43. The number of thiocarbonyl (C=S) groups is 1. The van der Waals surface area contributed by atoms with Crippen LogP contribution in [-0.2, 0) is 0 Å². The molecule has 0 aliphatic carbocycles. The lowest BCUT2D eigenvalue weighted by molar-refractivity contribution is 0.467. The molecule has 0 aliphatic heterocycles. The minimum atomic E-state index is 0.242. The Balaban J connectivity index is 2.01. The molecule has 0 spiro atoms. The summed E-state index contributed by atoms with van der Waals surface area (Å²) in [6.45, 7) is 0. The fourth-order valence-corrected chi connectivity index (χ4v) is 1.99. The predicted octanol–water partition coefficient (Wildman–Crippen LogP) is 3.06. The van der Waals surface area contributed by atoms with Crippen LogP contribution in [0.4, 0.5) is 0 Å². The molecule has 2 heterocycles. The molecule has 0 fully saturated rings. The number of fused-ring (bicyclic) bond motifs is 1. The molecule has 0 unspecified atom stereocenters. The van der Waals surface area contributed by atoms with Crippen LogP contribution in [0.1, 0.15) is 5.69 Å². The maximum absolute atomic E-state index is 5.79. The van der Waals surface area contributed by atoms with Crippen molar-refractivity contribution >= 4 is 28.1 Å². The first-order chi connectivity index (χ1) is 9.74. The normalized spacial score (nSPS) is 10.4. The van der Waals surface area contributed by atoms with Gasteiger partial charge >= 0.3 is 0 Å². The molecule has 20 heavy (non-hydrogen) atoms. The molecule has 2 aromatic heterocycles. The molecule has 0 saturated heterocycles. The summed E-state index contributed by atoms with van der Waals surface area (Å²) in [5.74, 6) is 1.09. The minimum absolute atomic E-state index is 0.242. The quantitative estimate of drug-likeness (QED) is 0.748. The highest BCUT2D eigenvalue weighted by atomic mass is 32.1. The maximum Gasteiger partial charge on any atom is 0.219 e. The zero-order valence-corrected chi connectivity index (χ0v) is 11.3. The van der Waals surface area contributed by atoms with E-state index in [4.69, 9.17) is 22.7 Å². The van der Waals surface area contributed by atoms with Gasteiger partial charge in [-0.2, -0.15) is 0 Å². The molecule has 0 aliphatic rings. The Hall–Kier alpha value is -2.53. The Morgan fingerprint density at radius 2 is 1.85 bits per heavy atom. The largest absolute Gasteiger partial charge is 0.437 e. The average molecular weight is 281 g/mol. The SMILES string of the molecule is NC(=S)c1cccc(Oc2cccc3cccnc23)n1. The lowest BCUT2D eigenvalue weighted by Crippen LogP contribution is -2.11. The van der Waals surface area contributed by atoms with Gasteiger partial charge in [-0.1, -0.05) is 36.5 Å². The first-order valence-electron chi connectivity index (χ1n) is 6.02. The molecule has 0 radical (unpaired) electrons. The second-order valence-corrected chi connectivity index (χ2v) is 4.60. The first kappa shape index (κ1) is 12.5. The highest BCUT2D eigenvalue weighted by Gasteiger charge is 2.06. The fourth-order valence-electron chi connectivity index (χ4n) is 1.88. The number of hydrogen-bond donors (Lipinski definition) is 1. The molecule has 0 atom stereocenters. The molecule has 5 heteroatoms. The van der Waals surface area contributed by atoms with Crippen LogP contribution >= 0.6 is 12.2 Å². The van der Waals surface area contributed by atoms with Gasteiger partial charge < -0.3 is 10.5 Å². The summed E-state index contributed by atoms with van der Waals surface area (Å²) in [6.07, 6.45) is 1.73. The smallest absolute Gasteiger partial charge is 0.219 e. The summed E-state index contributed by atoms with van der Waals surface area (Å²) in [5.41, 5.74) is 6.89. The van der Waals surface area contributed by atoms with Crippen LogP contribution in [0.3, 0.4) is 0 Å². The third-order valence-electron chi connectivity index (χ3n) is 2.79. The van der Waals surface area contributed by atoms with E-state index in [9.17, 15) is 0 Å². The van der Waals surface area contributed by atoms with Crippen LogP contribution in [0.5, 0.6) is 11.6 Å². The Kier molecular flexibility index (Phi) is 3.26. The zero-order valence-electron chi connectivity index (χ0n) is 10.5. The van der Waals surface area contributed by atoms with E-state index in [1.807, 2.05) is 30.3 Å². The van der Waals surface area contributed by atoms with Gasteiger partial charge in [0.1, 0.15) is 16.2 Å². The molecule has 0 saturated carbocycles. The van der Waals surface area contributed by atoms with Gasteiger partial charge in [0.25, 0.3) is 0 Å². The molecular weight excluding hydrogens is 270 g/mol. The molecule has 4 nitrogen and oxygen atoms in total. The summed E-state index contributed by atoms with van der Waals surface area (Å²) in [7, 11) is 0. The number of aromatic nitrogens is 2. The Labute approximate surface area is 121 Å². The summed E-state index contributed by atoms with van der Waals surface area (Å²) in [5, 5.41) is 1.01. The van der Waals surface area contributed by atoms with Crippen molar-refractivity contribution in [2.75, 3.05) is 0 Å². The van der Waals surface area contributed by atoms with Crippen molar-refractivity contribution in [2.24, 2.45) is 5.73 Å². The molecular formula is C15H11N3OS. The van der Waals surface area contributed by atoms with Crippen LogP contribution in [0.25, 0.3) is 10.9 Å². The van der Waals surface area contributed by atoms with Crippen LogP contribution in [0.2, 0.25) is 0 Å². The Morgan fingerprint density at radius 1 is 1.05 bits per heavy atom. The van der Waals surface area contributed by atoms with Gasteiger partial charge in [0.05, 0.1) is 0 Å². The van der Waals surface area contributed by atoms with Crippen molar-refractivity contribution in [2.45, 2.75) is 0 Å². The minimum Gasteiger partial charge on any atom is -0.437 e. The standard InChI is InChI=1S/C15H11N3OS/c16-15(20)11-6-2-8-13(18-11)19-12-7-1-4-10-5-3-9-17-14(10)12/h1-9H,(H2,16,20). The van der Waals surface area contributed by atoms with Gasteiger partial charge in [-0.25, -0.2) is 4.98 Å². The Bertz CT molecular complexity index is 783. The number of para-hydroxylation sites is 1. The highest BCUT2D eigenvalue weighted by molar-refractivity contribution is 7.80. The maximum atomic E-state index is 5.79. The molecule has 0 amide bonds. The van der Waals surface area contributed by atoms with E-state index < -0.39 is 0 Å². The number of pyridine rings is 2. The van der Waals surface area contributed by atoms with E-state index in [0.29, 0.717) is 17.3 Å². The van der Waals surface area contributed by atoms with Crippen molar-refractivity contribution in [3.63, 3.8) is 0 Å². The van der Waals surface area contributed by atoms with Crippen molar-refractivity contribution in [3.05, 3.63) is 60.4 Å². The number of hydrogen-bond acceptors (Lipinski definition) is 4. The number of rotatable bonds is 3. The van der Waals surface area contributed by atoms with Crippen LogP contribution in [-0.4, -0.2) is 15.0 Å². The van der Waals surface area contributed by atoms with Gasteiger partial charge in [0, 0.05) is 17.6 Å². The predicted molar refractivity (Wildman–Crippen MR) is 81.9 cm³/mol. The van der Waals surface area contributed by atoms with Crippen molar-refractivity contribution in [1.29, 1.82) is 0 Å². The molecule has 3 aromatic rings. The molecule has 98 valence electrons. The summed E-state index contributed by atoms with van der Waals surface area (Å²) < 4.78 is 5.79. The average Bonchev–Trinajstić information content (AvgIpc) is 2.48. The molecule has 1 aromatic carbocycles. The molecule has 2 N–H and O–H groups in total. The fraction of sp³-hybridized carbons (Fsp3) is 0. The lowest BCUT2D eigenvalue weighted by atomic mass is 10.2. The van der Waals surface area contributed by atoms with E-state index in [0.717, 1.165) is 10.9 Å². The van der Waals surface area contributed by atoms with Crippen LogP contribution < -0.4 is 10.5 Å². The van der Waals surface area contributed by atoms with Gasteiger partial charge in [-0.15, -0.1) is 0 Å². The van der Waals surface area contributed by atoms with Crippen LogP contribution in [0.15, 0.2) is 54.7 Å². The number of nitrogens with two attached hydrogens (primary N) is 1. The Morgan fingerprint density at radius 3 is 2.70 bits per heavy atom. The lowest BCUT2D eigenvalue weighted by Gasteiger charge is -2.08. The third kappa shape index (κ3) is 2.44. The van der Waals surface area contributed by atoms with Crippen molar-refractivity contribution in [3.8, 4) is 11.6 Å². The number of benzene rings is 1. The van der Waals surface area contributed by atoms with Gasteiger partial charge in [-0.05, 0) is 18.2 Å². The number of ether oxygens (including phenoxy) is 1. The summed E-state index contributed by atoms with van der Waals surface area (Å²) >= 11 is 4.91. The van der Waals surface area contributed by atoms with Crippen molar-refractivity contribution < 1.29 is 4.74 Å². The highest BCUT2D eigenvalue weighted by Crippen LogP contribution is 2.27. The van der Waals surface area contributed by atoms with Gasteiger partial charge in [0.15, 0.2) is 5.75 Å². The number of nitrogens with zero attached hydrogens (tertiary/aromatic N) is 2. The zero-order chi connectivity index (χ0) is 13.9. The monoisotopic (exact) mass is 281 g/mol. The topological polar surface area (TPSA) is 61.0 Å². The second kappa shape index (κ2) is 5.22. The van der Waals surface area contributed by atoms with E-state index in [1.54, 1.807) is 24.4 Å².